The van der Waals surface area contributed by atoms with Gasteiger partial charge >= 0.3 is 11.7 Å². The number of aromatic nitrogens is 4. The van der Waals surface area contributed by atoms with Crippen molar-refractivity contribution in [3.05, 3.63) is 48.8 Å². The van der Waals surface area contributed by atoms with Crippen LogP contribution in [0.15, 0.2) is 48.8 Å². The maximum Gasteiger partial charge on any atom is 0.459 e. The van der Waals surface area contributed by atoms with Crippen molar-refractivity contribution in [2.45, 2.75) is 0 Å². The average Bonchev–Trinajstić information content (AvgIpc) is 2.66. The molecule has 0 amide bonds. The molecule has 5 nitrogen and oxygen atoms in total. The van der Waals surface area contributed by atoms with Crippen LogP contribution in [-0.4, -0.2) is 14.6 Å². The Kier molecular flexibility index (Phi) is 1.83. The number of nitrogens with zero attached hydrogens (tertiary/aromatic N) is 4. The minimum atomic E-state index is 0.421. The number of para-hydroxylation sites is 1. The maximum absolute atomic E-state index is 5.88. The van der Waals surface area contributed by atoms with Crippen LogP contribution < -0.4 is 10.2 Å². The van der Waals surface area contributed by atoms with Crippen molar-refractivity contribution in [1.82, 2.24) is 14.6 Å². The van der Waals surface area contributed by atoms with Crippen molar-refractivity contribution >= 4 is 11.7 Å². The standard InChI is InChI=1S/C11H9N5/c12-10-14-11-13-7-4-8-15(11)16(10)9-5-2-1-3-6-9/h1-8,12H/p+1. The molecule has 1 aromatic carbocycles. The van der Waals surface area contributed by atoms with Gasteiger partial charge in [0.25, 0.3) is 0 Å². The molecule has 0 atom stereocenters. The van der Waals surface area contributed by atoms with Gasteiger partial charge in [0.2, 0.25) is 0 Å². The molecule has 0 unspecified atom stereocenters. The third kappa shape index (κ3) is 1.22. The molecule has 0 radical (unpaired) electrons. The quantitative estimate of drug-likeness (QED) is 0.600. The largest absolute Gasteiger partial charge is 0.459 e. The molecule has 0 saturated heterocycles. The normalized spacial score (nSPS) is 10.8. The van der Waals surface area contributed by atoms with Crippen LogP contribution in [0.25, 0.3) is 11.5 Å². The summed E-state index contributed by atoms with van der Waals surface area (Å²) in [7, 11) is 0. The van der Waals surface area contributed by atoms with Crippen LogP contribution >= 0.6 is 0 Å². The summed E-state index contributed by atoms with van der Waals surface area (Å²) >= 11 is 0. The molecular formula is C11H10N5+. The predicted molar refractivity (Wildman–Crippen MR) is 58.9 cm³/mol. The van der Waals surface area contributed by atoms with Crippen LogP contribution in [0.2, 0.25) is 0 Å². The summed E-state index contributed by atoms with van der Waals surface area (Å²) in [5, 5.41) is 0. The van der Waals surface area contributed by atoms with E-state index in [0.717, 1.165) is 5.69 Å². The molecule has 0 spiro atoms. The number of benzene rings is 1. The molecule has 5 heteroatoms. The lowest BCUT2D eigenvalue weighted by Crippen LogP contribution is -2.32. The van der Waals surface area contributed by atoms with E-state index in [1.165, 1.54) is 0 Å². The monoisotopic (exact) mass is 212 g/mol. The Hall–Kier alpha value is -2.43. The smallest absolute Gasteiger partial charge is 0.353 e. The zero-order chi connectivity index (χ0) is 11.0. The van der Waals surface area contributed by atoms with Gasteiger partial charge in [0.1, 0.15) is 6.20 Å². The van der Waals surface area contributed by atoms with Crippen molar-refractivity contribution in [2.24, 2.45) is 0 Å². The summed E-state index contributed by atoms with van der Waals surface area (Å²) in [6.07, 6.45) is 3.57. The van der Waals surface area contributed by atoms with Crippen LogP contribution in [0, 0.1) is 0 Å². The van der Waals surface area contributed by atoms with Crippen molar-refractivity contribution in [2.75, 3.05) is 5.73 Å². The topological polar surface area (TPSA) is 60.8 Å². The Labute approximate surface area is 91.8 Å². The third-order valence-electron chi connectivity index (χ3n) is 2.36. The molecule has 2 heterocycles. The van der Waals surface area contributed by atoms with Gasteiger partial charge in [0.15, 0.2) is 0 Å². The Balaban J connectivity index is 2.35. The summed E-state index contributed by atoms with van der Waals surface area (Å²) < 4.78 is 3.62. The summed E-state index contributed by atoms with van der Waals surface area (Å²) in [5.74, 6) is 1.01. The van der Waals surface area contributed by atoms with Gasteiger partial charge in [-0.05, 0) is 17.1 Å². The van der Waals surface area contributed by atoms with Crippen LogP contribution in [0.1, 0.15) is 0 Å². The van der Waals surface area contributed by atoms with E-state index in [2.05, 4.69) is 9.97 Å². The van der Waals surface area contributed by atoms with Gasteiger partial charge in [-0.1, -0.05) is 23.2 Å². The van der Waals surface area contributed by atoms with Gasteiger partial charge in [-0.2, -0.15) is 4.68 Å². The first kappa shape index (κ1) is 8.84. The van der Waals surface area contributed by atoms with Crippen molar-refractivity contribution in [3.63, 3.8) is 0 Å². The van der Waals surface area contributed by atoms with Crippen LogP contribution in [-0.2, 0) is 0 Å². The lowest BCUT2D eigenvalue weighted by Gasteiger charge is -2.00. The van der Waals surface area contributed by atoms with Gasteiger partial charge in [0.05, 0.1) is 11.9 Å². The molecule has 2 N–H and O–H groups in total. The second-order valence-electron chi connectivity index (χ2n) is 3.38. The minimum Gasteiger partial charge on any atom is -0.353 e. The molecule has 0 fully saturated rings. The maximum atomic E-state index is 5.88. The van der Waals surface area contributed by atoms with E-state index in [-0.39, 0.29) is 0 Å². The van der Waals surface area contributed by atoms with Crippen LogP contribution in [0.4, 0.5) is 5.95 Å². The van der Waals surface area contributed by atoms with E-state index in [1.54, 1.807) is 6.20 Å². The third-order valence-corrected chi connectivity index (χ3v) is 2.36. The summed E-state index contributed by atoms with van der Waals surface area (Å²) in [6, 6.07) is 11.7. The Morgan fingerprint density at radius 3 is 2.75 bits per heavy atom. The summed E-state index contributed by atoms with van der Waals surface area (Å²) in [5.41, 5.74) is 6.84. The zero-order valence-electron chi connectivity index (χ0n) is 8.49. The molecule has 0 bridgehead atoms. The first-order chi connectivity index (χ1) is 7.86. The number of fused-ring (bicyclic) bond motifs is 1. The summed E-state index contributed by atoms with van der Waals surface area (Å²) in [6.45, 7) is 0. The van der Waals surface area contributed by atoms with E-state index in [0.29, 0.717) is 11.7 Å². The fourth-order valence-corrected chi connectivity index (χ4v) is 1.68. The first-order valence-electron chi connectivity index (χ1n) is 4.92. The fourth-order valence-electron chi connectivity index (χ4n) is 1.68. The van der Waals surface area contributed by atoms with Crippen molar-refractivity contribution in [1.29, 1.82) is 0 Å². The minimum absolute atomic E-state index is 0.421. The SMILES string of the molecule is Nc1nc2nccc[n+]2n1-c1ccccc1. The van der Waals surface area contributed by atoms with E-state index in [9.17, 15) is 0 Å². The van der Waals surface area contributed by atoms with Crippen LogP contribution in [0.3, 0.4) is 0 Å². The second-order valence-corrected chi connectivity index (χ2v) is 3.38. The van der Waals surface area contributed by atoms with Crippen molar-refractivity contribution < 1.29 is 4.52 Å². The zero-order valence-corrected chi connectivity index (χ0v) is 8.49. The summed E-state index contributed by atoms with van der Waals surface area (Å²) in [4.78, 5) is 8.32. The van der Waals surface area contributed by atoms with Crippen LogP contribution in [0.5, 0.6) is 0 Å². The highest BCUT2D eigenvalue weighted by Gasteiger charge is 2.16. The fraction of sp³-hybridized carbons (Fsp3) is 0. The highest BCUT2D eigenvalue weighted by Crippen LogP contribution is 2.08. The number of hydrogen-bond donors (Lipinski definition) is 1. The van der Waals surface area contributed by atoms with E-state index < -0.39 is 0 Å². The molecule has 3 rings (SSSR count). The molecule has 0 saturated carbocycles. The molecule has 0 aliphatic rings. The first-order valence-corrected chi connectivity index (χ1v) is 4.92. The number of rotatable bonds is 1. The highest BCUT2D eigenvalue weighted by molar-refractivity contribution is 5.38. The predicted octanol–water partition coefficient (Wildman–Crippen LogP) is 0.588. The molecule has 2 aromatic heterocycles. The molecule has 16 heavy (non-hydrogen) atoms. The Bertz CT molecular complexity index is 629. The van der Waals surface area contributed by atoms with Crippen molar-refractivity contribution in [3.8, 4) is 5.69 Å². The molecular weight excluding hydrogens is 202 g/mol. The second kappa shape index (κ2) is 3.30. The molecule has 0 aliphatic heterocycles. The van der Waals surface area contributed by atoms with E-state index in [4.69, 9.17) is 5.73 Å². The van der Waals surface area contributed by atoms with E-state index >= 15 is 0 Å². The number of nitrogen functional groups attached to an aromatic ring is 1. The number of nitrogens with two attached hydrogens (primary N) is 1. The lowest BCUT2D eigenvalue weighted by molar-refractivity contribution is -0.599. The van der Waals surface area contributed by atoms with Gasteiger partial charge in [-0.15, -0.1) is 4.52 Å². The average molecular weight is 212 g/mol. The Morgan fingerprint density at radius 1 is 1.12 bits per heavy atom. The van der Waals surface area contributed by atoms with Gasteiger partial charge in [-0.3, -0.25) is 0 Å². The number of hydrogen-bond acceptors (Lipinski definition) is 3. The van der Waals surface area contributed by atoms with E-state index in [1.807, 2.05) is 51.8 Å². The molecule has 3 aromatic rings. The van der Waals surface area contributed by atoms with Gasteiger partial charge in [0, 0.05) is 6.07 Å². The lowest BCUT2D eigenvalue weighted by atomic mass is 10.3. The molecule has 0 aliphatic carbocycles. The van der Waals surface area contributed by atoms with Gasteiger partial charge < -0.3 is 5.73 Å². The van der Waals surface area contributed by atoms with Gasteiger partial charge in [-0.25, -0.2) is 0 Å². The molecule has 78 valence electrons. The Morgan fingerprint density at radius 2 is 1.94 bits per heavy atom. The highest BCUT2D eigenvalue weighted by atomic mass is 15.5. The number of anilines is 1.